The van der Waals surface area contributed by atoms with Gasteiger partial charge < -0.3 is 14.8 Å². The molecule has 0 amide bonds. The maximum atomic E-state index is 14.4. The quantitative estimate of drug-likeness (QED) is 0.305. The predicted molar refractivity (Wildman–Crippen MR) is 126 cm³/mol. The van der Waals surface area contributed by atoms with E-state index in [1.54, 1.807) is 0 Å². The maximum Gasteiger partial charge on any atom is 0.378 e. The highest BCUT2D eigenvalue weighted by molar-refractivity contribution is 5.78. The molecule has 8 aliphatic rings. The molecule has 37 heavy (non-hydrogen) atoms. The lowest BCUT2D eigenvalue weighted by Crippen LogP contribution is -2.51. The zero-order valence-corrected chi connectivity index (χ0v) is 21.4. The second-order valence-electron chi connectivity index (χ2n) is 14.0. The summed E-state index contributed by atoms with van der Waals surface area (Å²) in [6, 6.07) is 0. The molecule has 0 radical (unpaired) electrons. The van der Waals surface area contributed by atoms with Crippen molar-refractivity contribution in [3.05, 3.63) is 0 Å². The summed E-state index contributed by atoms with van der Waals surface area (Å²) in [6.45, 7) is -2.69. The first-order chi connectivity index (χ1) is 17.4. The summed E-state index contributed by atoms with van der Waals surface area (Å²) in [4.78, 5) is 24.3. The van der Waals surface area contributed by atoms with Gasteiger partial charge in [0.2, 0.25) is 0 Å². The van der Waals surface area contributed by atoms with E-state index in [0.29, 0.717) is 35.5 Å². The fourth-order valence-corrected chi connectivity index (χ4v) is 10.1. The maximum absolute atomic E-state index is 14.4. The van der Waals surface area contributed by atoms with Crippen molar-refractivity contribution in [3.63, 3.8) is 0 Å². The van der Waals surface area contributed by atoms with Crippen LogP contribution in [0.3, 0.4) is 0 Å². The molecule has 0 aromatic rings. The monoisotopic (exact) mass is 529 g/mol. The van der Waals surface area contributed by atoms with E-state index in [4.69, 9.17) is 9.47 Å². The SMILES string of the molecule is O=C(OCC12CC3CC(CC(C3)C1)C2)C(F)(F)CNCC(F)(F)C(=O)OCC12CC3CC(CC(C3)C1)C2. The lowest BCUT2D eigenvalue weighted by Gasteiger charge is -2.56. The van der Waals surface area contributed by atoms with E-state index in [0.717, 1.165) is 38.5 Å². The first-order valence-corrected chi connectivity index (χ1v) is 14.2. The number of carbonyl (C=O) groups is 2. The molecule has 0 spiro atoms. The van der Waals surface area contributed by atoms with Gasteiger partial charge in [0.05, 0.1) is 26.3 Å². The van der Waals surface area contributed by atoms with Crippen molar-refractivity contribution in [3.8, 4) is 0 Å². The zero-order valence-electron chi connectivity index (χ0n) is 21.4. The standard InChI is InChI=1S/C28H39F4NO4/c29-27(30,23(34)36-15-25-7-17-1-18(8-25)3-19(2-17)9-25)13-33-14-28(31,32)24(35)37-16-26-10-20-4-21(11-26)6-22(5-20)12-26/h17-22,33H,1-16H2. The Morgan fingerprint density at radius 1 is 0.595 bits per heavy atom. The van der Waals surface area contributed by atoms with Crippen LogP contribution >= 0.6 is 0 Å². The highest BCUT2D eigenvalue weighted by atomic mass is 19.3. The number of ether oxygens (including phenoxy) is 2. The molecule has 8 saturated carbocycles. The number of esters is 2. The summed E-state index contributed by atoms with van der Waals surface area (Å²) in [5.74, 6) is -7.73. The molecule has 0 aromatic carbocycles. The summed E-state index contributed by atoms with van der Waals surface area (Å²) >= 11 is 0. The van der Waals surface area contributed by atoms with Crippen molar-refractivity contribution < 1.29 is 36.6 Å². The zero-order chi connectivity index (χ0) is 26.1. The third-order valence-corrected chi connectivity index (χ3v) is 10.6. The number of nitrogens with one attached hydrogen (secondary N) is 1. The fraction of sp³-hybridized carbons (Fsp3) is 0.929. The Morgan fingerprint density at radius 2 is 0.865 bits per heavy atom. The van der Waals surface area contributed by atoms with Gasteiger partial charge in [-0.15, -0.1) is 0 Å². The van der Waals surface area contributed by atoms with E-state index >= 15 is 0 Å². The van der Waals surface area contributed by atoms with Gasteiger partial charge in [-0.2, -0.15) is 17.6 Å². The molecule has 0 saturated heterocycles. The molecular weight excluding hydrogens is 490 g/mol. The number of halogens is 4. The molecule has 8 bridgehead atoms. The van der Waals surface area contributed by atoms with Gasteiger partial charge in [-0.1, -0.05) is 0 Å². The van der Waals surface area contributed by atoms with E-state index < -0.39 is 36.9 Å². The van der Waals surface area contributed by atoms with Crippen LogP contribution < -0.4 is 5.32 Å². The Morgan fingerprint density at radius 3 is 1.14 bits per heavy atom. The van der Waals surface area contributed by atoms with Gasteiger partial charge >= 0.3 is 23.8 Å². The lowest BCUT2D eigenvalue weighted by atomic mass is 9.50. The smallest absolute Gasteiger partial charge is 0.378 e. The minimum absolute atomic E-state index is 0.0300. The first kappa shape index (κ1) is 25.9. The minimum atomic E-state index is -3.96. The second kappa shape index (κ2) is 9.09. The van der Waals surface area contributed by atoms with Crippen LogP contribution in [-0.2, 0) is 19.1 Å². The normalized spacial score (nSPS) is 41.7. The van der Waals surface area contributed by atoms with E-state index in [-0.39, 0.29) is 24.0 Å². The molecule has 8 fully saturated rings. The average Bonchev–Trinajstić information content (AvgIpc) is 2.79. The summed E-state index contributed by atoms with van der Waals surface area (Å²) in [7, 11) is 0. The Bertz CT molecular complexity index is 779. The molecular formula is C28H39F4NO4. The number of rotatable bonds is 10. The van der Waals surface area contributed by atoms with Gasteiger partial charge in [-0.3, -0.25) is 0 Å². The Labute approximate surface area is 215 Å². The largest absolute Gasteiger partial charge is 0.461 e. The molecule has 208 valence electrons. The van der Waals surface area contributed by atoms with Crippen molar-refractivity contribution in [2.75, 3.05) is 26.3 Å². The highest BCUT2D eigenvalue weighted by Crippen LogP contribution is 2.61. The van der Waals surface area contributed by atoms with Crippen LogP contribution in [0.5, 0.6) is 0 Å². The number of hydrogen-bond donors (Lipinski definition) is 1. The van der Waals surface area contributed by atoms with Gasteiger partial charge in [0, 0.05) is 10.8 Å². The molecule has 9 heteroatoms. The number of carbonyl (C=O) groups excluding carboxylic acids is 2. The molecule has 1 N–H and O–H groups in total. The summed E-state index contributed by atoms with van der Waals surface area (Å²) < 4.78 is 67.8. The molecule has 0 heterocycles. The third kappa shape index (κ3) is 5.14. The van der Waals surface area contributed by atoms with Gasteiger partial charge in [-0.05, 0) is 113 Å². The minimum Gasteiger partial charge on any atom is -0.461 e. The van der Waals surface area contributed by atoms with Crippen molar-refractivity contribution in [2.24, 2.45) is 46.3 Å². The van der Waals surface area contributed by atoms with Gasteiger partial charge in [0.15, 0.2) is 0 Å². The number of alkyl halides is 4. The van der Waals surface area contributed by atoms with Crippen LogP contribution in [0.4, 0.5) is 17.6 Å². The molecule has 0 aliphatic heterocycles. The van der Waals surface area contributed by atoms with Crippen LogP contribution in [0.25, 0.3) is 0 Å². The van der Waals surface area contributed by atoms with Crippen molar-refractivity contribution in [2.45, 2.75) is 88.9 Å². The summed E-state index contributed by atoms with van der Waals surface area (Å²) in [5.41, 5.74) is -0.414. The van der Waals surface area contributed by atoms with E-state index in [2.05, 4.69) is 0 Å². The van der Waals surface area contributed by atoms with Crippen LogP contribution in [-0.4, -0.2) is 50.1 Å². The third-order valence-electron chi connectivity index (χ3n) is 10.6. The highest BCUT2D eigenvalue weighted by Gasteiger charge is 2.54. The van der Waals surface area contributed by atoms with E-state index in [9.17, 15) is 27.2 Å². The second-order valence-corrected chi connectivity index (χ2v) is 14.0. The summed E-state index contributed by atoms with van der Waals surface area (Å²) in [5, 5.41) is 1.91. The predicted octanol–water partition coefficient (Wildman–Crippen LogP) is 5.37. The van der Waals surface area contributed by atoms with Gasteiger partial charge in [0.1, 0.15) is 0 Å². The van der Waals surface area contributed by atoms with Crippen LogP contribution in [0.15, 0.2) is 0 Å². The molecule has 0 atom stereocenters. The fourth-order valence-electron chi connectivity index (χ4n) is 10.1. The van der Waals surface area contributed by atoms with Crippen molar-refractivity contribution in [1.29, 1.82) is 0 Å². The van der Waals surface area contributed by atoms with Crippen LogP contribution in [0.1, 0.15) is 77.0 Å². The summed E-state index contributed by atoms with van der Waals surface area (Å²) in [6.07, 6.45) is 12.6. The van der Waals surface area contributed by atoms with Crippen molar-refractivity contribution in [1.82, 2.24) is 5.32 Å². The first-order valence-electron chi connectivity index (χ1n) is 14.2. The van der Waals surface area contributed by atoms with Gasteiger partial charge in [-0.25, -0.2) is 9.59 Å². The van der Waals surface area contributed by atoms with Gasteiger partial charge in [0.25, 0.3) is 0 Å². The molecule has 8 aliphatic carbocycles. The molecule has 0 aromatic heterocycles. The van der Waals surface area contributed by atoms with E-state index in [1.807, 2.05) is 5.32 Å². The topological polar surface area (TPSA) is 64.6 Å². The number of hydrogen-bond acceptors (Lipinski definition) is 5. The Hall–Kier alpha value is -1.38. The Kier molecular flexibility index (Phi) is 6.36. The van der Waals surface area contributed by atoms with Crippen LogP contribution in [0.2, 0.25) is 0 Å². The average molecular weight is 530 g/mol. The van der Waals surface area contributed by atoms with Crippen LogP contribution in [0, 0.1) is 46.3 Å². The van der Waals surface area contributed by atoms with E-state index in [1.165, 1.54) is 38.5 Å². The molecule has 0 unspecified atom stereocenters. The Balaban J connectivity index is 0.948. The van der Waals surface area contributed by atoms with Crippen molar-refractivity contribution >= 4 is 11.9 Å². The lowest BCUT2D eigenvalue weighted by molar-refractivity contribution is -0.184. The molecule has 8 rings (SSSR count). The molecule has 5 nitrogen and oxygen atoms in total.